The minimum absolute atomic E-state index is 0.640. The molecule has 0 aliphatic carbocycles. The minimum Gasteiger partial charge on any atom is -0.320 e. The van der Waals surface area contributed by atoms with Crippen molar-refractivity contribution < 1.29 is 0 Å². The fourth-order valence-electron chi connectivity index (χ4n) is 3.27. The van der Waals surface area contributed by atoms with Crippen LogP contribution in [0.2, 0.25) is 5.02 Å². The normalized spacial score (nSPS) is 22.7. The molecule has 2 aliphatic rings. The van der Waals surface area contributed by atoms with E-state index in [1.807, 2.05) is 41.3 Å². The Labute approximate surface area is 127 Å². The second-order valence-corrected chi connectivity index (χ2v) is 5.61. The lowest BCUT2D eigenvalue weighted by Gasteiger charge is -2.32. The Balaban J connectivity index is 2.02. The molecular weight excluding hydrogens is 286 g/mol. The van der Waals surface area contributed by atoms with Gasteiger partial charge in [-0.25, -0.2) is 0 Å². The first-order valence-electron chi connectivity index (χ1n) is 6.80. The van der Waals surface area contributed by atoms with Crippen molar-refractivity contribution >= 4 is 17.4 Å². The summed E-state index contributed by atoms with van der Waals surface area (Å²) < 4.78 is 0. The maximum atomic E-state index is 11.9. The number of nitrogens with zero attached hydrogens (tertiary/aromatic N) is 3. The molecule has 5 heteroatoms. The first-order valence-corrected chi connectivity index (χ1v) is 7.18. The molecule has 0 radical (unpaired) electrons. The van der Waals surface area contributed by atoms with Crippen LogP contribution in [0.15, 0.2) is 58.7 Å². The van der Waals surface area contributed by atoms with E-state index in [-0.39, 0.29) is 0 Å². The van der Waals surface area contributed by atoms with E-state index in [0.717, 1.165) is 22.5 Å². The molecule has 4 nitrogen and oxygen atoms in total. The smallest absolute Gasteiger partial charge is 0.227 e. The van der Waals surface area contributed by atoms with Crippen molar-refractivity contribution in [2.45, 2.75) is 5.66 Å². The van der Waals surface area contributed by atoms with E-state index < -0.39 is 5.66 Å². The highest BCUT2D eigenvalue weighted by Crippen LogP contribution is 2.46. The summed E-state index contributed by atoms with van der Waals surface area (Å²) in [5.74, 6) is 0.861. The summed E-state index contributed by atoms with van der Waals surface area (Å²) in [4.78, 5) is 18.5. The molecule has 2 aromatic rings. The molecule has 0 spiro atoms. The molecule has 4 rings (SSSR count). The van der Waals surface area contributed by atoms with Gasteiger partial charge in [-0.05, 0) is 17.3 Å². The number of rotatable bonds is 2. The molecule has 0 amide bonds. The lowest BCUT2D eigenvalue weighted by Crippen LogP contribution is -2.42. The molecule has 0 saturated heterocycles. The number of halogens is 1. The maximum Gasteiger partial charge on any atom is 0.227 e. The quantitative estimate of drug-likeness (QED) is 0.798. The molecule has 0 unspecified atom stereocenters. The van der Waals surface area contributed by atoms with Crippen LogP contribution in [0.25, 0.3) is 0 Å². The molecular formula is C16H12ClN3O. The Morgan fingerprint density at radius 3 is 2.67 bits per heavy atom. The molecule has 104 valence electrons. The second-order valence-electron chi connectivity index (χ2n) is 5.17. The first-order chi connectivity index (χ1) is 10.3. The molecule has 0 saturated carbocycles. The largest absolute Gasteiger partial charge is 0.320 e. The van der Waals surface area contributed by atoms with Gasteiger partial charge in [-0.15, -0.1) is 4.91 Å². The van der Waals surface area contributed by atoms with Crippen LogP contribution in [0.5, 0.6) is 0 Å². The Morgan fingerprint density at radius 1 is 1.14 bits per heavy atom. The third-order valence-electron chi connectivity index (χ3n) is 4.15. The van der Waals surface area contributed by atoms with Gasteiger partial charge in [-0.3, -0.25) is 4.99 Å². The van der Waals surface area contributed by atoms with Gasteiger partial charge >= 0.3 is 0 Å². The summed E-state index contributed by atoms with van der Waals surface area (Å²) >= 11 is 5.97. The molecule has 0 N–H and O–H groups in total. The Bertz CT molecular complexity index is 756. The van der Waals surface area contributed by atoms with Crippen molar-refractivity contribution in [2.24, 2.45) is 10.2 Å². The minimum atomic E-state index is -1.03. The van der Waals surface area contributed by atoms with Crippen LogP contribution in [0.4, 0.5) is 0 Å². The van der Waals surface area contributed by atoms with Crippen molar-refractivity contribution in [3.8, 4) is 0 Å². The van der Waals surface area contributed by atoms with Gasteiger partial charge in [0.05, 0.1) is 6.54 Å². The number of aliphatic imine (C=N–C) groups is 1. The van der Waals surface area contributed by atoms with Crippen LogP contribution in [-0.4, -0.2) is 23.8 Å². The average Bonchev–Trinajstić information content (AvgIpc) is 3.09. The third-order valence-corrected chi connectivity index (χ3v) is 4.41. The predicted molar refractivity (Wildman–Crippen MR) is 82.6 cm³/mol. The topological polar surface area (TPSA) is 45.0 Å². The van der Waals surface area contributed by atoms with Crippen molar-refractivity contribution in [1.82, 2.24) is 4.90 Å². The second kappa shape index (κ2) is 4.40. The predicted octanol–water partition coefficient (Wildman–Crippen LogP) is 3.38. The number of fused-ring (bicyclic) bond motifs is 3. The van der Waals surface area contributed by atoms with Crippen LogP contribution < -0.4 is 0 Å². The number of hydrogen-bond acceptors (Lipinski definition) is 4. The lowest BCUT2D eigenvalue weighted by molar-refractivity contribution is 0.262. The lowest BCUT2D eigenvalue weighted by atomic mass is 9.91. The highest BCUT2D eigenvalue weighted by atomic mass is 35.5. The van der Waals surface area contributed by atoms with Crippen molar-refractivity contribution in [2.75, 3.05) is 13.1 Å². The van der Waals surface area contributed by atoms with Crippen LogP contribution in [-0.2, 0) is 5.66 Å². The van der Waals surface area contributed by atoms with E-state index in [0.29, 0.717) is 18.1 Å². The Morgan fingerprint density at radius 2 is 1.90 bits per heavy atom. The summed E-state index contributed by atoms with van der Waals surface area (Å²) in [6.07, 6.45) is 0. The monoisotopic (exact) mass is 297 g/mol. The zero-order chi connectivity index (χ0) is 14.4. The fraction of sp³-hybridized carbons (Fsp3) is 0.188. The van der Waals surface area contributed by atoms with E-state index in [2.05, 4.69) is 10.2 Å². The molecule has 2 aromatic carbocycles. The summed E-state index contributed by atoms with van der Waals surface area (Å²) in [6, 6.07) is 15.1. The van der Waals surface area contributed by atoms with Crippen LogP contribution >= 0.6 is 11.6 Å². The van der Waals surface area contributed by atoms with Gasteiger partial charge in [0.25, 0.3) is 0 Å². The molecule has 0 aromatic heterocycles. The van der Waals surface area contributed by atoms with Crippen LogP contribution in [0.1, 0.15) is 16.7 Å². The zero-order valence-corrected chi connectivity index (χ0v) is 11.9. The molecule has 2 aliphatic heterocycles. The highest BCUT2D eigenvalue weighted by Gasteiger charge is 2.52. The molecule has 0 bridgehead atoms. The summed E-state index contributed by atoms with van der Waals surface area (Å²) in [5.41, 5.74) is 1.67. The molecule has 0 fully saturated rings. The number of amidine groups is 1. The SMILES string of the molecule is O=N[C@@]1(c2ccc(Cl)cc2)c2ccccc2C2=NCCN21. The third kappa shape index (κ3) is 1.54. The maximum absolute atomic E-state index is 11.9. The van der Waals surface area contributed by atoms with Crippen LogP contribution in [0, 0.1) is 4.91 Å². The highest BCUT2D eigenvalue weighted by molar-refractivity contribution is 6.30. The van der Waals surface area contributed by atoms with Crippen molar-refractivity contribution in [3.05, 3.63) is 75.2 Å². The van der Waals surface area contributed by atoms with Gasteiger partial charge in [0.15, 0.2) is 0 Å². The van der Waals surface area contributed by atoms with Crippen molar-refractivity contribution in [3.63, 3.8) is 0 Å². The van der Waals surface area contributed by atoms with Gasteiger partial charge in [0.1, 0.15) is 5.84 Å². The first kappa shape index (κ1) is 12.5. The van der Waals surface area contributed by atoms with Gasteiger partial charge in [-0.1, -0.05) is 48.0 Å². The Kier molecular flexibility index (Phi) is 2.62. The van der Waals surface area contributed by atoms with E-state index in [9.17, 15) is 4.91 Å². The van der Waals surface area contributed by atoms with Gasteiger partial charge in [0, 0.05) is 28.3 Å². The fourth-order valence-corrected chi connectivity index (χ4v) is 3.39. The van der Waals surface area contributed by atoms with Crippen LogP contribution in [0.3, 0.4) is 0 Å². The van der Waals surface area contributed by atoms with E-state index >= 15 is 0 Å². The molecule has 2 heterocycles. The standard InChI is InChI=1S/C16H12ClN3O/c17-12-7-5-11(6-8-12)16(19-21)14-4-2-1-3-13(14)15-18-9-10-20(15)16/h1-8H,9-10H2/t16-/m1/s1. The van der Waals surface area contributed by atoms with E-state index in [1.165, 1.54) is 0 Å². The van der Waals surface area contributed by atoms with E-state index in [4.69, 9.17) is 11.6 Å². The number of benzene rings is 2. The van der Waals surface area contributed by atoms with Gasteiger partial charge in [0.2, 0.25) is 5.66 Å². The van der Waals surface area contributed by atoms with Gasteiger partial charge < -0.3 is 4.90 Å². The van der Waals surface area contributed by atoms with E-state index in [1.54, 1.807) is 12.1 Å². The van der Waals surface area contributed by atoms with Gasteiger partial charge in [-0.2, -0.15) is 0 Å². The Hall–Kier alpha value is -2.20. The molecule has 21 heavy (non-hydrogen) atoms. The number of hydrogen-bond donors (Lipinski definition) is 0. The number of nitroso groups, excluding NO2 is 1. The van der Waals surface area contributed by atoms with Crippen molar-refractivity contribution in [1.29, 1.82) is 0 Å². The average molecular weight is 298 g/mol. The summed E-state index contributed by atoms with van der Waals surface area (Å²) in [5, 5.41) is 4.20. The summed E-state index contributed by atoms with van der Waals surface area (Å²) in [6.45, 7) is 1.38. The zero-order valence-electron chi connectivity index (χ0n) is 11.2. The summed E-state index contributed by atoms with van der Waals surface area (Å²) in [7, 11) is 0. The molecule has 1 atom stereocenters.